The molecule has 0 unspecified atom stereocenters. The van der Waals surface area contributed by atoms with Crippen molar-refractivity contribution >= 4 is 28.2 Å². The summed E-state index contributed by atoms with van der Waals surface area (Å²) in [6.07, 6.45) is 6.07. The Labute approximate surface area is 134 Å². The summed E-state index contributed by atoms with van der Waals surface area (Å²) >= 11 is 1.75. The van der Waals surface area contributed by atoms with Crippen molar-refractivity contribution in [1.29, 1.82) is 0 Å². The first-order valence-electron chi connectivity index (χ1n) is 7.47. The molecule has 1 aliphatic rings. The largest absolute Gasteiger partial charge is 0.303 e. The van der Waals surface area contributed by atoms with Crippen molar-refractivity contribution in [3.63, 3.8) is 0 Å². The van der Waals surface area contributed by atoms with Gasteiger partial charge in [-0.15, -0.1) is 11.8 Å². The van der Waals surface area contributed by atoms with E-state index in [0.29, 0.717) is 6.42 Å². The lowest BCUT2D eigenvalue weighted by atomic mass is 10.1. The van der Waals surface area contributed by atoms with E-state index in [2.05, 4.69) is 20.6 Å². The Balaban J connectivity index is 1.80. The van der Waals surface area contributed by atoms with Crippen molar-refractivity contribution in [2.75, 3.05) is 0 Å². The lowest BCUT2D eigenvalue weighted by molar-refractivity contribution is -0.114. The molecule has 0 aliphatic carbocycles. The smallest absolute Gasteiger partial charge is 0.157 e. The number of imidazole rings is 1. The zero-order valence-corrected chi connectivity index (χ0v) is 13.7. The highest BCUT2D eigenvalue weighted by molar-refractivity contribution is 8.13. The molecule has 2 aromatic rings. The van der Waals surface area contributed by atoms with Crippen LogP contribution in [0.3, 0.4) is 0 Å². The minimum Gasteiger partial charge on any atom is -0.303 e. The summed E-state index contributed by atoms with van der Waals surface area (Å²) in [6, 6.07) is 6.05. The summed E-state index contributed by atoms with van der Waals surface area (Å²) in [7, 11) is 0. The second kappa shape index (κ2) is 6.48. The number of carbonyl (C=O) groups is 1. The summed E-state index contributed by atoms with van der Waals surface area (Å²) in [6.45, 7) is 3.94. The van der Waals surface area contributed by atoms with Gasteiger partial charge in [0.2, 0.25) is 0 Å². The first-order chi connectivity index (χ1) is 10.6. The van der Waals surface area contributed by atoms with Crippen molar-refractivity contribution in [3.8, 4) is 0 Å². The molecule has 0 atom stereocenters. The lowest BCUT2D eigenvalue weighted by Gasteiger charge is -2.09. The average Bonchev–Trinajstić information content (AvgIpc) is 2.78. The van der Waals surface area contributed by atoms with Crippen molar-refractivity contribution in [2.24, 2.45) is 4.99 Å². The molecule has 0 spiro atoms. The summed E-state index contributed by atoms with van der Waals surface area (Å²) in [4.78, 5) is 20.7. The first-order valence-corrected chi connectivity index (χ1v) is 8.46. The predicted molar refractivity (Wildman–Crippen MR) is 91.3 cm³/mol. The number of fused-ring (bicyclic) bond motifs is 1. The Kier molecular flexibility index (Phi) is 4.43. The van der Waals surface area contributed by atoms with Crippen LogP contribution in [0.25, 0.3) is 5.65 Å². The van der Waals surface area contributed by atoms with Gasteiger partial charge in [0, 0.05) is 30.1 Å². The molecule has 0 amide bonds. The van der Waals surface area contributed by atoms with E-state index in [1.807, 2.05) is 32.0 Å². The molecule has 3 rings (SSSR count). The van der Waals surface area contributed by atoms with Crippen molar-refractivity contribution in [1.82, 2.24) is 9.38 Å². The third kappa shape index (κ3) is 3.30. The zero-order valence-electron chi connectivity index (χ0n) is 12.9. The topological polar surface area (TPSA) is 46.7 Å². The fourth-order valence-corrected chi connectivity index (χ4v) is 3.75. The van der Waals surface area contributed by atoms with Gasteiger partial charge in [0.05, 0.1) is 16.4 Å². The molecule has 0 fully saturated rings. The Bertz CT molecular complexity index is 773. The number of pyridine rings is 1. The number of ketones is 1. The van der Waals surface area contributed by atoms with Gasteiger partial charge in [0.1, 0.15) is 5.65 Å². The van der Waals surface area contributed by atoms with Crippen molar-refractivity contribution in [2.45, 2.75) is 38.9 Å². The molecule has 0 saturated carbocycles. The number of nitrogens with zero attached hydrogens (tertiary/aromatic N) is 3. The Hall–Kier alpha value is -1.88. The van der Waals surface area contributed by atoms with Crippen LogP contribution in [0, 0.1) is 6.92 Å². The number of hydrogen-bond donors (Lipinski definition) is 0. The summed E-state index contributed by atoms with van der Waals surface area (Å²) < 4.78 is 2.14. The molecule has 114 valence electrons. The van der Waals surface area contributed by atoms with Crippen LogP contribution in [0.4, 0.5) is 0 Å². The number of aryl methyl sites for hydroxylation is 1. The van der Waals surface area contributed by atoms with E-state index >= 15 is 0 Å². The molecule has 0 aromatic carbocycles. The molecular weight excluding hydrogens is 294 g/mol. The van der Waals surface area contributed by atoms with Gasteiger partial charge in [0.25, 0.3) is 0 Å². The van der Waals surface area contributed by atoms with Gasteiger partial charge in [-0.2, -0.15) is 0 Å². The highest BCUT2D eigenvalue weighted by atomic mass is 32.2. The number of hydrogen-bond acceptors (Lipinski definition) is 4. The number of thioether (sulfide) groups is 1. The molecule has 22 heavy (non-hydrogen) atoms. The summed E-state index contributed by atoms with van der Waals surface area (Å²) in [5.41, 5.74) is 4.06. The van der Waals surface area contributed by atoms with E-state index < -0.39 is 0 Å². The Morgan fingerprint density at radius 1 is 1.27 bits per heavy atom. The number of rotatable bonds is 2. The van der Waals surface area contributed by atoms with Crippen LogP contribution in [-0.4, -0.2) is 20.2 Å². The average molecular weight is 313 g/mol. The third-order valence-electron chi connectivity index (χ3n) is 3.69. The predicted octanol–water partition coefficient (Wildman–Crippen LogP) is 3.93. The van der Waals surface area contributed by atoms with Crippen LogP contribution in [0.1, 0.15) is 37.6 Å². The van der Waals surface area contributed by atoms with E-state index in [0.717, 1.165) is 40.7 Å². The van der Waals surface area contributed by atoms with Gasteiger partial charge in [-0.25, -0.2) is 4.98 Å². The quantitative estimate of drug-likeness (QED) is 0.844. The molecule has 4 nitrogen and oxygen atoms in total. The molecule has 0 radical (unpaired) electrons. The molecule has 2 aromatic heterocycles. The number of aromatic nitrogens is 2. The van der Waals surface area contributed by atoms with Gasteiger partial charge < -0.3 is 4.40 Å². The van der Waals surface area contributed by atoms with Crippen LogP contribution in [-0.2, 0) is 10.5 Å². The summed E-state index contributed by atoms with van der Waals surface area (Å²) in [5, 5.41) is 1.10. The first kappa shape index (κ1) is 15.0. The monoisotopic (exact) mass is 313 g/mol. The van der Waals surface area contributed by atoms with E-state index in [-0.39, 0.29) is 5.78 Å². The molecule has 0 N–H and O–H groups in total. The minimum atomic E-state index is 0.183. The van der Waals surface area contributed by atoms with Gasteiger partial charge in [0.15, 0.2) is 5.78 Å². The van der Waals surface area contributed by atoms with Gasteiger partial charge in [-0.1, -0.05) is 6.07 Å². The highest BCUT2D eigenvalue weighted by Crippen LogP contribution is 2.23. The second-order valence-electron chi connectivity index (χ2n) is 5.47. The highest BCUT2D eigenvalue weighted by Gasteiger charge is 2.12. The minimum absolute atomic E-state index is 0.183. The van der Waals surface area contributed by atoms with Crippen molar-refractivity contribution in [3.05, 3.63) is 47.6 Å². The molecule has 1 aliphatic heterocycles. The van der Waals surface area contributed by atoms with Gasteiger partial charge in [-0.3, -0.25) is 9.79 Å². The van der Waals surface area contributed by atoms with Gasteiger partial charge in [-0.05, 0) is 38.8 Å². The van der Waals surface area contributed by atoms with Gasteiger partial charge >= 0.3 is 0 Å². The lowest BCUT2D eigenvalue weighted by Crippen LogP contribution is -2.03. The molecule has 3 heterocycles. The van der Waals surface area contributed by atoms with E-state index in [1.165, 1.54) is 5.69 Å². The standard InChI is InChI=1S/C17H19N3OS/c1-12-10-14(21)6-5-8-17(18-12)22-11-15-13(2)19-16-7-3-4-9-20(15)16/h3-4,7,9-10H,5-6,8,11H2,1-2H3/b12-10-,18-17?. The van der Waals surface area contributed by atoms with E-state index in [9.17, 15) is 4.79 Å². The second-order valence-corrected chi connectivity index (χ2v) is 6.52. The molecule has 5 heteroatoms. The number of aliphatic imine (C=N–C) groups is 1. The maximum Gasteiger partial charge on any atom is 0.157 e. The number of carbonyl (C=O) groups excluding carboxylic acids is 1. The molecular formula is C17H19N3OS. The molecule has 0 saturated heterocycles. The van der Waals surface area contributed by atoms with Crippen LogP contribution in [0.2, 0.25) is 0 Å². The Morgan fingerprint density at radius 3 is 3.00 bits per heavy atom. The van der Waals surface area contributed by atoms with Crippen molar-refractivity contribution < 1.29 is 4.79 Å². The van der Waals surface area contributed by atoms with E-state index in [1.54, 1.807) is 17.8 Å². The number of allylic oxidation sites excluding steroid dienone is 2. The van der Waals surface area contributed by atoms with Crippen LogP contribution in [0.15, 0.2) is 41.2 Å². The third-order valence-corrected chi connectivity index (χ3v) is 4.74. The van der Waals surface area contributed by atoms with Crippen LogP contribution < -0.4 is 0 Å². The fraction of sp³-hybridized carbons (Fsp3) is 0.353. The fourth-order valence-electron chi connectivity index (χ4n) is 2.60. The normalized spacial score (nSPS) is 18.5. The zero-order chi connectivity index (χ0) is 15.5. The maximum atomic E-state index is 11.5. The Morgan fingerprint density at radius 2 is 2.14 bits per heavy atom. The van der Waals surface area contributed by atoms with Crippen LogP contribution >= 0.6 is 11.8 Å². The maximum absolute atomic E-state index is 11.5. The SMILES string of the molecule is C/C1=C/C(=O)CCCC(SCc2c(C)nc3ccccn23)=N1. The summed E-state index contributed by atoms with van der Waals surface area (Å²) in [5.74, 6) is 1.03. The molecule has 0 bridgehead atoms. The van der Waals surface area contributed by atoms with E-state index in [4.69, 9.17) is 0 Å². The van der Waals surface area contributed by atoms with Crippen LogP contribution in [0.5, 0.6) is 0 Å².